The molecule has 4 rings (SSSR count). The number of benzene rings is 1. The summed E-state index contributed by atoms with van der Waals surface area (Å²) in [6, 6.07) is 7.34. The summed E-state index contributed by atoms with van der Waals surface area (Å²) in [6.45, 7) is 2.57. The number of carbonyl (C=O) groups excluding carboxylic acids is 1. The molecule has 1 unspecified atom stereocenters. The molecule has 0 radical (unpaired) electrons. The number of β-amino-alcohol motifs (C(OH)–C–C–N with tert-alkyl or cyclic N) is 1. The highest BCUT2D eigenvalue weighted by atomic mass is 16.5. The van der Waals surface area contributed by atoms with E-state index < -0.39 is 6.10 Å². The fourth-order valence-electron chi connectivity index (χ4n) is 4.41. The molecule has 0 bridgehead atoms. The molecular formula is C23H29N3O4. The zero-order chi connectivity index (χ0) is 21.1. The summed E-state index contributed by atoms with van der Waals surface area (Å²) in [4.78, 5) is 21.6. The Bertz CT molecular complexity index is 892. The van der Waals surface area contributed by atoms with Gasteiger partial charge in [0.15, 0.2) is 0 Å². The first-order valence-electron chi connectivity index (χ1n) is 10.5. The van der Waals surface area contributed by atoms with Crippen molar-refractivity contribution < 1.29 is 19.4 Å². The van der Waals surface area contributed by atoms with Gasteiger partial charge in [0, 0.05) is 30.4 Å². The quantitative estimate of drug-likeness (QED) is 0.833. The number of anilines is 1. The molecule has 7 nitrogen and oxygen atoms in total. The molecule has 1 fully saturated rings. The van der Waals surface area contributed by atoms with Gasteiger partial charge in [-0.15, -0.1) is 0 Å². The number of pyridine rings is 1. The van der Waals surface area contributed by atoms with Crippen LogP contribution in [-0.2, 0) is 6.54 Å². The van der Waals surface area contributed by atoms with Gasteiger partial charge in [0.1, 0.15) is 23.4 Å². The summed E-state index contributed by atoms with van der Waals surface area (Å²) in [7, 11) is 3.16. The van der Waals surface area contributed by atoms with Gasteiger partial charge in [-0.3, -0.25) is 4.79 Å². The van der Waals surface area contributed by atoms with Gasteiger partial charge in [0.25, 0.3) is 5.91 Å². The van der Waals surface area contributed by atoms with Crippen LogP contribution in [0.4, 0.5) is 5.82 Å². The lowest BCUT2D eigenvalue weighted by molar-refractivity contribution is 0.0538. The predicted octanol–water partition coefficient (Wildman–Crippen LogP) is 3.17. The number of methoxy groups -OCH3 is 2. The fraction of sp³-hybridized carbons (Fsp3) is 0.478. The summed E-state index contributed by atoms with van der Waals surface area (Å²) in [5.74, 6) is 2.01. The number of amides is 1. The molecule has 1 aromatic heterocycles. The van der Waals surface area contributed by atoms with Gasteiger partial charge in [0.2, 0.25) is 0 Å². The third-order valence-electron chi connectivity index (χ3n) is 6.00. The van der Waals surface area contributed by atoms with E-state index in [9.17, 15) is 9.90 Å². The highest BCUT2D eigenvalue weighted by Crippen LogP contribution is 2.39. The molecule has 0 spiro atoms. The van der Waals surface area contributed by atoms with Gasteiger partial charge in [-0.1, -0.05) is 12.8 Å². The lowest BCUT2D eigenvalue weighted by Crippen LogP contribution is -2.38. The van der Waals surface area contributed by atoms with Gasteiger partial charge in [-0.05, 0) is 37.1 Å². The van der Waals surface area contributed by atoms with Crippen LogP contribution in [0, 0.1) is 0 Å². The smallest absolute Gasteiger partial charge is 0.255 e. The molecule has 1 amide bonds. The molecular weight excluding hydrogens is 382 g/mol. The summed E-state index contributed by atoms with van der Waals surface area (Å²) in [6.07, 6.45) is 5.69. The first-order valence-corrected chi connectivity index (χ1v) is 10.5. The molecule has 1 N–H and O–H groups in total. The largest absolute Gasteiger partial charge is 0.496 e. The van der Waals surface area contributed by atoms with Crippen LogP contribution in [0.2, 0.25) is 0 Å². The van der Waals surface area contributed by atoms with E-state index >= 15 is 0 Å². The fourth-order valence-corrected chi connectivity index (χ4v) is 4.41. The van der Waals surface area contributed by atoms with Crippen molar-refractivity contribution in [2.45, 2.75) is 38.3 Å². The Hall–Kier alpha value is -2.80. The van der Waals surface area contributed by atoms with Gasteiger partial charge in [-0.2, -0.15) is 0 Å². The van der Waals surface area contributed by atoms with Crippen LogP contribution in [-0.4, -0.2) is 54.8 Å². The van der Waals surface area contributed by atoms with E-state index in [-0.39, 0.29) is 12.5 Å². The monoisotopic (exact) mass is 411 g/mol. The average Bonchev–Trinajstić information content (AvgIpc) is 3.07. The van der Waals surface area contributed by atoms with Crippen molar-refractivity contribution in [3.8, 4) is 11.5 Å². The lowest BCUT2D eigenvalue weighted by atomic mass is 9.94. The summed E-state index contributed by atoms with van der Waals surface area (Å²) < 4.78 is 10.9. The van der Waals surface area contributed by atoms with Crippen LogP contribution in [0.1, 0.15) is 53.3 Å². The van der Waals surface area contributed by atoms with E-state index in [0.717, 1.165) is 24.5 Å². The maximum atomic E-state index is 13.1. The molecule has 30 heavy (non-hydrogen) atoms. The van der Waals surface area contributed by atoms with Crippen LogP contribution < -0.4 is 14.4 Å². The summed E-state index contributed by atoms with van der Waals surface area (Å²) in [5, 5.41) is 10.7. The van der Waals surface area contributed by atoms with Crippen molar-refractivity contribution in [1.29, 1.82) is 0 Å². The Morgan fingerprint density at radius 3 is 2.37 bits per heavy atom. The van der Waals surface area contributed by atoms with Crippen molar-refractivity contribution >= 4 is 11.7 Å². The van der Waals surface area contributed by atoms with E-state index in [1.165, 1.54) is 25.7 Å². The maximum absolute atomic E-state index is 13.1. The van der Waals surface area contributed by atoms with Crippen LogP contribution >= 0.6 is 0 Å². The molecule has 0 aliphatic carbocycles. The Morgan fingerprint density at radius 1 is 1.03 bits per heavy atom. The Balaban J connectivity index is 1.54. The van der Waals surface area contributed by atoms with Crippen LogP contribution in [0.15, 0.2) is 30.5 Å². The number of aromatic nitrogens is 1. The molecule has 7 heteroatoms. The summed E-state index contributed by atoms with van der Waals surface area (Å²) in [5.41, 5.74) is 1.99. The van der Waals surface area contributed by atoms with E-state index in [1.54, 1.807) is 37.4 Å². The minimum atomic E-state index is -0.841. The molecule has 1 saturated heterocycles. The van der Waals surface area contributed by atoms with E-state index in [4.69, 9.17) is 9.47 Å². The number of aliphatic hydroxyl groups excluding tert-OH is 1. The highest BCUT2D eigenvalue weighted by Gasteiger charge is 2.32. The van der Waals surface area contributed by atoms with Crippen molar-refractivity contribution in [3.63, 3.8) is 0 Å². The Kier molecular flexibility index (Phi) is 6.08. The van der Waals surface area contributed by atoms with Crippen LogP contribution in [0.25, 0.3) is 0 Å². The van der Waals surface area contributed by atoms with Crippen molar-refractivity contribution in [1.82, 2.24) is 9.88 Å². The average molecular weight is 412 g/mol. The topological polar surface area (TPSA) is 75.1 Å². The minimum absolute atomic E-state index is 0.153. The number of aliphatic hydroxyl groups is 1. The van der Waals surface area contributed by atoms with Gasteiger partial charge in [-0.25, -0.2) is 4.98 Å². The number of ether oxygens (including phenoxy) is 2. The van der Waals surface area contributed by atoms with E-state index in [2.05, 4.69) is 9.88 Å². The number of hydrogen-bond donors (Lipinski definition) is 1. The normalized spacial score (nSPS) is 19.1. The summed E-state index contributed by atoms with van der Waals surface area (Å²) >= 11 is 0. The first-order chi connectivity index (χ1) is 14.6. The zero-order valence-corrected chi connectivity index (χ0v) is 17.6. The molecule has 0 saturated carbocycles. The molecule has 1 atom stereocenters. The zero-order valence-electron chi connectivity index (χ0n) is 17.6. The Morgan fingerprint density at radius 2 is 1.73 bits per heavy atom. The van der Waals surface area contributed by atoms with Gasteiger partial charge >= 0.3 is 0 Å². The van der Waals surface area contributed by atoms with Crippen LogP contribution in [0.5, 0.6) is 11.5 Å². The first kappa shape index (κ1) is 20.5. The molecule has 2 aliphatic rings. The number of carbonyl (C=O) groups is 1. The number of hydrogen-bond acceptors (Lipinski definition) is 6. The van der Waals surface area contributed by atoms with E-state index in [0.29, 0.717) is 29.2 Å². The third kappa shape index (κ3) is 3.94. The third-order valence-corrected chi connectivity index (χ3v) is 6.00. The Labute approximate surface area is 177 Å². The number of nitrogens with zero attached hydrogens (tertiary/aromatic N) is 3. The molecule has 160 valence electrons. The van der Waals surface area contributed by atoms with Gasteiger partial charge in [0.05, 0.1) is 32.9 Å². The number of fused-ring (bicyclic) bond motifs is 1. The van der Waals surface area contributed by atoms with Crippen LogP contribution in [0.3, 0.4) is 0 Å². The SMILES string of the molecule is COc1ccc(OC)c2c1CN(C(=O)c1ccc(N3CCCCCC3)nc1)CC2O. The highest BCUT2D eigenvalue weighted by molar-refractivity contribution is 5.94. The second-order valence-electron chi connectivity index (χ2n) is 7.87. The standard InChI is InChI=1S/C23H29N3O4/c1-29-19-8-9-20(30-2)22-17(19)14-26(15-18(22)27)23(28)16-7-10-21(24-13-16)25-11-5-3-4-6-12-25/h7-10,13,18,27H,3-6,11-12,14-15H2,1-2H3. The molecule has 2 aromatic rings. The van der Waals surface area contributed by atoms with E-state index in [1.807, 2.05) is 12.1 Å². The lowest BCUT2D eigenvalue weighted by Gasteiger charge is -2.34. The second-order valence-corrected chi connectivity index (χ2v) is 7.87. The maximum Gasteiger partial charge on any atom is 0.255 e. The minimum Gasteiger partial charge on any atom is -0.496 e. The van der Waals surface area contributed by atoms with Crippen molar-refractivity contribution in [2.75, 3.05) is 38.8 Å². The van der Waals surface area contributed by atoms with Gasteiger partial charge < -0.3 is 24.4 Å². The molecule has 1 aromatic carbocycles. The number of rotatable bonds is 4. The van der Waals surface area contributed by atoms with Crippen molar-refractivity contribution in [3.05, 3.63) is 47.2 Å². The second kappa shape index (κ2) is 8.92. The predicted molar refractivity (Wildman–Crippen MR) is 114 cm³/mol. The van der Waals surface area contributed by atoms with Crippen molar-refractivity contribution in [2.24, 2.45) is 0 Å². The molecule has 3 heterocycles. The molecule has 2 aliphatic heterocycles.